The van der Waals surface area contributed by atoms with Crippen molar-refractivity contribution < 1.29 is 15.0 Å². The number of fused-ring (bicyclic) bond motifs is 1. The van der Waals surface area contributed by atoms with Crippen LogP contribution in [-0.4, -0.2) is 25.6 Å². The zero-order valence-electron chi connectivity index (χ0n) is 9.82. The van der Waals surface area contributed by atoms with Gasteiger partial charge in [-0.3, -0.25) is 4.40 Å². The van der Waals surface area contributed by atoms with Crippen LogP contribution in [0.2, 0.25) is 0 Å². The van der Waals surface area contributed by atoms with Crippen LogP contribution in [-0.2, 0) is 0 Å². The SMILES string of the molecule is O=C(O)c1cccc2cnc(-c3cccc(O)c3)n12. The second-order valence-corrected chi connectivity index (χ2v) is 4.11. The third-order valence-corrected chi connectivity index (χ3v) is 2.87. The molecule has 5 nitrogen and oxygen atoms in total. The van der Waals surface area contributed by atoms with E-state index < -0.39 is 5.97 Å². The molecule has 0 bridgehead atoms. The zero-order chi connectivity index (χ0) is 13.4. The number of carbonyl (C=O) groups is 1. The smallest absolute Gasteiger partial charge is 0.352 e. The average Bonchev–Trinajstić information content (AvgIpc) is 2.82. The Hall–Kier alpha value is -2.82. The normalized spacial score (nSPS) is 10.7. The van der Waals surface area contributed by atoms with Gasteiger partial charge in [-0.25, -0.2) is 9.78 Å². The Balaban J connectivity index is 2.33. The number of nitrogens with zero attached hydrogens (tertiary/aromatic N) is 2. The van der Waals surface area contributed by atoms with Gasteiger partial charge in [-0.05, 0) is 24.3 Å². The number of pyridine rings is 1. The lowest BCUT2D eigenvalue weighted by molar-refractivity contribution is 0.0689. The van der Waals surface area contributed by atoms with Gasteiger partial charge in [-0.2, -0.15) is 0 Å². The summed E-state index contributed by atoms with van der Waals surface area (Å²) < 4.78 is 1.55. The first-order valence-corrected chi connectivity index (χ1v) is 5.66. The molecule has 2 heterocycles. The largest absolute Gasteiger partial charge is 0.508 e. The maximum atomic E-state index is 11.3. The summed E-state index contributed by atoms with van der Waals surface area (Å²) in [6.45, 7) is 0. The van der Waals surface area contributed by atoms with Crippen LogP contribution in [0, 0.1) is 0 Å². The van der Waals surface area contributed by atoms with E-state index in [0.717, 1.165) is 0 Å². The molecule has 0 saturated carbocycles. The van der Waals surface area contributed by atoms with Crippen molar-refractivity contribution >= 4 is 11.5 Å². The fraction of sp³-hybridized carbons (Fsp3) is 0. The zero-order valence-corrected chi connectivity index (χ0v) is 9.82. The number of aromatic hydroxyl groups is 1. The molecule has 0 amide bonds. The van der Waals surface area contributed by atoms with Crippen LogP contribution in [0.5, 0.6) is 5.75 Å². The van der Waals surface area contributed by atoms with Crippen LogP contribution in [0.4, 0.5) is 0 Å². The van der Waals surface area contributed by atoms with E-state index in [4.69, 9.17) is 0 Å². The van der Waals surface area contributed by atoms with Crippen molar-refractivity contribution in [3.63, 3.8) is 0 Å². The summed E-state index contributed by atoms with van der Waals surface area (Å²) in [4.78, 5) is 15.5. The molecule has 0 saturated heterocycles. The van der Waals surface area contributed by atoms with Crippen LogP contribution in [0.1, 0.15) is 10.5 Å². The number of hydrogen-bond acceptors (Lipinski definition) is 3. The number of phenols is 1. The van der Waals surface area contributed by atoms with Gasteiger partial charge >= 0.3 is 5.97 Å². The Morgan fingerprint density at radius 2 is 1.95 bits per heavy atom. The van der Waals surface area contributed by atoms with Gasteiger partial charge in [0, 0.05) is 5.56 Å². The molecular formula is C14H10N2O3. The quantitative estimate of drug-likeness (QED) is 0.736. The third-order valence-electron chi connectivity index (χ3n) is 2.87. The van der Waals surface area contributed by atoms with Gasteiger partial charge < -0.3 is 10.2 Å². The molecule has 0 unspecified atom stereocenters. The maximum Gasteiger partial charge on any atom is 0.352 e. The Morgan fingerprint density at radius 1 is 1.16 bits per heavy atom. The summed E-state index contributed by atoms with van der Waals surface area (Å²) in [7, 11) is 0. The van der Waals surface area contributed by atoms with E-state index in [1.165, 1.54) is 6.07 Å². The molecule has 5 heteroatoms. The van der Waals surface area contributed by atoms with E-state index in [0.29, 0.717) is 16.9 Å². The molecule has 0 fully saturated rings. The molecular weight excluding hydrogens is 244 g/mol. The summed E-state index contributed by atoms with van der Waals surface area (Å²) in [5.74, 6) is -0.420. The van der Waals surface area contributed by atoms with Crippen molar-refractivity contribution in [2.24, 2.45) is 0 Å². The van der Waals surface area contributed by atoms with Gasteiger partial charge in [0.15, 0.2) is 0 Å². The van der Waals surface area contributed by atoms with Crippen molar-refractivity contribution in [1.29, 1.82) is 0 Å². The number of rotatable bonds is 2. The third kappa shape index (κ3) is 1.81. The minimum atomic E-state index is -1.02. The highest BCUT2D eigenvalue weighted by Gasteiger charge is 2.14. The molecule has 3 rings (SSSR count). The average molecular weight is 254 g/mol. The van der Waals surface area contributed by atoms with Gasteiger partial charge in [0.25, 0.3) is 0 Å². The standard InChI is InChI=1S/C14H10N2O3/c17-11-5-1-3-9(7-11)13-15-8-10-4-2-6-12(14(18)19)16(10)13/h1-8,17H,(H,18,19). The van der Waals surface area contributed by atoms with E-state index >= 15 is 0 Å². The minimum Gasteiger partial charge on any atom is -0.508 e. The fourth-order valence-electron chi connectivity index (χ4n) is 2.06. The van der Waals surface area contributed by atoms with E-state index in [2.05, 4.69) is 4.98 Å². The highest BCUT2D eigenvalue weighted by atomic mass is 16.4. The van der Waals surface area contributed by atoms with Gasteiger partial charge in [-0.1, -0.05) is 18.2 Å². The van der Waals surface area contributed by atoms with E-state index in [1.54, 1.807) is 47.0 Å². The molecule has 0 aliphatic heterocycles. The lowest BCUT2D eigenvalue weighted by Gasteiger charge is -2.05. The van der Waals surface area contributed by atoms with E-state index in [9.17, 15) is 15.0 Å². The second kappa shape index (κ2) is 4.13. The van der Waals surface area contributed by atoms with Crippen molar-refractivity contribution in [2.45, 2.75) is 0 Å². The lowest BCUT2D eigenvalue weighted by Crippen LogP contribution is -2.05. The summed E-state index contributed by atoms with van der Waals surface area (Å²) in [5, 5.41) is 18.7. The van der Waals surface area contributed by atoms with Crippen LogP contribution in [0.25, 0.3) is 16.9 Å². The maximum absolute atomic E-state index is 11.3. The summed E-state index contributed by atoms with van der Waals surface area (Å²) in [5.41, 5.74) is 1.49. The van der Waals surface area contributed by atoms with Crippen LogP contribution < -0.4 is 0 Å². The number of aromatic carboxylic acids is 1. The predicted molar refractivity (Wildman–Crippen MR) is 69.3 cm³/mol. The Labute approximate surface area is 108 Å². The van der Waals surface area contributed by atoms with E-state index in [-0.39, 0.29) is 11.4 Å². The molecule has 0 spiro atoms. The molecule has 2 aromatic heterocycles. The number of carboxylic acid groups (broad SMARTS) is 1. The molecule has 1 aromatic carbocycles. The number of carboxylic acids is 1. The molecule has 0 aliphatic rings. The van der Waals surface area contributed by atoms with Crippen LogP contribution >= 0.6 is 0 Å². The first kappa shape index (κ1) is 11.3. The van der Waals surface area contributed by atoms with Crippen molar-refractivity contribution in [2.75, 3.05) is 0 Å². The number of phenolic OH excluding ortho intramolecular Hbond substituents is 1. The highest BCUT2D eigenvalue weighted by Crippen LogP contribution is 2.24. The molecule has 0 atom stereocenters. The van der Waals surface area contributed by atoms with E-state index in [1.807, 2.05) is 0 Å². The molecule has 2 N–H and O–H groups in total. The highest BCUT2D eigenvalue weighted by molar-refractivity contribution is 5.88. The number of benzene rings is 1. The monoisotopic (exact) mass is 254 g/mol. The first-order valence-electron chi connectivity index (χ1n) is 5.66. The van der Waals surface area contributed by atoms with Crippen LogP contribution in [0.15, 0.2) is 48.7 Å². The first-order chi connectivity index (χ1) is 9.16. The summed E-state index contributed by atoms with van der Waals surface area (Å²) in [6, 6.07) is 11.5. The Bertz CT molecular complexity index is 777. The van der Waals surface area contributed by atoms with Gasteiger partial charge in [0.05, 0.1) is 11.7 Å². The van der Waals surface area contributed by atoms with Gasteiger partial charge in [-0.15, -0.1) is 0 Å². The number of aromatic nitrogens is 2. The Morgan fingerprint density at radius 3 is 2.68 bits per heavy atom. The molecule has 19 heavy (non-hydrogen) atoms. The number of hydrogen-bond donors (Lipinski definition) is 2. The van der Waals surface area contributed by atoms with Gasteiger partial charge in [0.1, 0.15) is 17.3 Å². The number of imidazole rings is 1. The molecule has 94 valence electrons. The van der Waals surface area contributed by atoms with Gasteiger partial charge in [0.2, 0.25) is 0 Å². The fourth-order valence-corrected chi connectivity index (χ4v) is 2.06. The second-order valence-electron chi connectivity index (χ2n) is 4.11. The lowest BCUT2D eigenvalue weighted by atomic mass is 10.2. The molecule has 0 radical (unpaired) electrons. The summed E-state index contributed by atoms with van der Waals surface area (Å²) in [6.07, 6.45) is 1.60. The Kier molecular flexibility index (Phi) is 2.45. The van der Waals surface area contributed by atoms with Crippen molar-refractivity contribution in [3.8, 4) is 17.1 Å². The predicted octanol–water partition coefficient (Wildman–Crippen LogP) is 2.41. The summed E-state index contributed by atoms with van der Waals surface area (Å²) >= 11 is 0. The van der Waals surface area contributed by atoms with Crippen molar-refractivity contribution in [3.05, 3.63) is 54.4 Å². The minimum absolute atomic E-state index is 0.113. The molecule has 0 aliphatic carbocycles. The van der Waals surface area contributed by atoms with Crippen molar-refractivity contribution in [1.82, 2.24) is 9.38 Å². The topological polar surface area (TPSA) is 74.8 Å². The molecule has 3 aromatic rings. The van der Waals surface area contributed by atoms with Crippen LogP contribution in [0.3, 0.4) is 0 Å².